The zero-order valence-electron chi connectivity index (χ0n) is 15.8. The minimum atomic E-state index is -1.22. The predicted molar refractivity (Wildman–Crippen MR) is 109 cm³/mol. The van der Waals surface area contributed by atoms with Crippen molar-refractivity contribution in [2.24, 2.45) is 5.16 Å². The molecule has 1 aromatic heterocycles. The van der Waals surface area contributed by atoms with Crippen LogP contribution in [0.25, 0.3) is 0 Å². The fourth-order valence-electron chi connectivity index (χ4n) is 2.89. The number of nitrogens with zero attached hydrogens (tertiary/aromatic N) is 3. The van der Waals surface area contributed by atoms with Gasteiger partial charge in [0.2, 0.25) is 0 Å². The summed E-state index contributed by atoms with van der Waals surface area (Å²) >= 11 is 2.38. The summed E-state index contributed by atoms with van der Waals surface area (Å²) in [6.07, 6.45) is 3.34. The van der Waals surface area contributed by atoms with Crippen LogP contribution < -0.4 is 11.1 Å². The van der Waals surface area contributed by atoms with Crippen LogP contribution in [0.3, 0.4) is 0 Å². The minimum Gasteiger partial charge on any atom is -0.477 e. The number of aromatic nitrogens is 1. The molecule has 2 unspecified atom stereocenters. The number of rotatable bonds is 6. The number of nitrogens with two attached hydrogens (primary N) is 1. The molecule has 4 N–H and O–H groups in total. The van der Waals surface area contributed by atoms with Crippen molar-refractivity contribution in [3.8, 4) is 0 Å². The quantitative estimate of drug-likeness (QED) is 0.239. The van der Waals surface area contributed by atoms with Crippen LogP contribution in [0.2, 0.25) is 0 Å². The molecule has 2 atom stereocenters. The van der Waals surface area contributed by atoms with Gasteiger partial charge in [0.25, 0.3) is 11.8 Å². The van der Waals surface area contributed by atoms with Crippen LogP contribution in [0.15, 0.2) is 34.0 Å². The average Bonchev–Trinajstić information content (AvgIpc) is 3.11. The number of carbonyl (C=O) groups excluding carboxylic acids is 3. The number of hydrogen-bond donors (Lipinski definition) is 3. The Morgan fingerprint density at radius 1 is 1.47 bits per heavy atom. The first-order valence-electron chi connectivity index (χ1n) is 8.56. The highest BCUT2D eigenvalue weighted by atomic mass is 32.2. The summed E-state index contributed by atoms with van der Waals surface area (Å²) in [7, 11) is 0. The maximum absolute atomic E-state index is 12.7. The number of nitrogen functional groups attached to an aromatic ring is 1. The van der Waals surface area contributed by atoms with Crippen molar-refractivity contribution in [1.82, 2.24) is 15.2 Å². The van der Waals surface area contributed by atoms with Crippen molar-refractivity contribution in [1.29, 1.82) is 0 Å². The summed E-state index contributed by atoms with van der Waals surface area (Å²) < 4.78 is 0. The molecule has 0 aromatic carbocycles. The third kappa shape index (κ3) is 4.07. The maximum atomic E-state index is 12.7. The Kier molecular flexibility index (Phi) is 6.22. The van der Waals surface area contributed by atoms with Crippen molar-refractivity contribution in [3.05, 3.63) is 34.5 Å². The van der Waals surface area contributed by atoms with Gasteiger partial charge in [-0.15, -0.1) is 23.1 Å². The summed E-state index contributed by atoms with van der Waals surface area (Å²) in [5.74, 6) is -2.97. The van der Waals surface area contributed by atoms with Gasteiger partial charge in [-0.3, -0.25) is 14.5 Å². The number of amides is 2. The Bertz CT molecular complexity index is 1010. The Balaban J connectivity index is 1.82. The molecule has 0 aliphatic carbocycles. The highest BCUT2D eigenvalue weighted by Gasteiger charge is 2.54. The molecule has 30 heavy (non-hydrogen) atoms. The monoisotopic (exact) mass is 451 g/mol. The van der Waals surface area contributed by atoms with Crippen molar-refractivity contribution < 1.29 is 29.1 Å². The third-order valence-electron chi connectivity index (χ3n) is 4.10. The Morgan fingerprint density at radius 2 is 2.20 bits per heavy atom. The van der Waals surface area contributed by atoms with E-state index in [1.165, 1.54) is 17.1 Å². The van der Waals surface area contributed by atoms with Crippen molar-refractivity contribution in [2.45, 2.75) is 25.3 Å². The van der Waals surface area contributed by atoms with Crippen molar-refractivity contribution in [3.63, 3.8) is 0 Å². The molecule has 0 saturated carbocycles. The van der Waals surface area contributed by atoms with Crippen LogP contribution in [0.1, 0.15) is 19.5 Å². The SMILES string of the molecule is C/C=C\C1=C(C(=O)O)N2C(=O)C(NC(=O)/C(=N\OC(C)=O)c3csc(N)n3)C2SC1. The lowest BCUT2D eigenvalue weighted by Crippen LogP contribution is -2.71. The van der Waals surface area contributed by atoms with Crippen LogP contribution in [-0.4, -0.2) is 61.6 Å². The second-order valence-corrected chi connectivity index (χ2v) is 8.13. The molecule has 0 bridgehead atoms. The molecule has 2 aliphatic rings. The van der Waals surface area contributed by atoms with Gasteiger partial charge in [-0.2, -0.15) is 0 Å². The van der Waals surface area contributed by atoms with E-state index in [9.17, 15) is 24.3 Å². The summed E-state index contributed by atoms with van der Waals surface area (Å²) in [5.41, 5.74) is 5.75. The van der Waals surface area contributed by atoms with Gasteiger partial charge in [0.15, 0.2) is 10.8 Å². The lowest BCUT2D eigenvalue weighted by molar-refractivity contribution is -0.150. The summed E-state index contributed by atoms with van der Waals surface area (Å²) in [4.78, 5) is 57.8. The second kappa shape index (κ2) is 8.67. The average molecular weight is 451 g/mol. The van der Waals surface area contributed by atoms with E-state index in [0.29, 0.717) is 11.3 Å². The molecule has 0 spiro atoms. The van der Waals surface area contributed by atoms with Crippen molar-refractivity contribution in [2.75, 3.05) is 11.5 Å². The topological polar surface area (TPSA) is 164 Å². The molecular weight excluding hydrogens is 434 g/mol. The van der Waals surface area contributed by atoms with Crippen LogP contribution in [0.5, 0.6) is 0 Å². The van der Waals surface area contributed by atoms with Crippen molar-refractivity contribution >= 4 is 57.7 Å². The summed E-state index contributed by atoms with van der Waals surface area (Å²) in [6.45, 7) is 2.86. The fraction of sp³-hybridized carbons (Fsp3) is 0.294. The van der Waals surface area contributed by atoms with E-state index >= 15 is 0 Å². The Labute approximate surface area is 178 Å². The van der Waals surface area contributed by atoms with E-state index in [1.54, 1.807) is 19.1 Å². The predicted octanol–water partition coefficient (Wildman–Crippen LogP) is 0.307. The number of carbonyl (C=O) groups is 4. The van der Waals surface area contributed by atoms with Gasteiger partial charge < -0.3 is 21.0 Å². The number of carboxylic acids is 1. The number of thiazole rings is 1. The van der Waals surface area contributed by atoms with E-state index in [4.69, 9.17) is 5.73 Å². The van der Waals surface area contributed by atoms with Gasteiger partial charge in [-0.05, 0) is 12.5 Å². The Hall–Kier alpha value is -3.19. The molecule has 0 radical (unpaired) electrons. The normalized spacial score (nSPS) is 21.3. The zero-order valence-corrected chi connectivity index (χ0v) is 17.5. The van der Waals surface area contributed by atoms with E-state index in [2.05, 4.69) is 20.3 Å². The molecule has 3 heterocycles. The van der Waals surface area contributed by atoms with E-state index in [1.807, 2.05) is 0 Å². The number of anilines is 1. The number of hydrogen-bond acceptors (Lipinski definition) is 10. The number of β-lactam (4-membered cyclic amide) rings is 1. The summed E-state index contributed by atoms with van der Waals surface area (Å²) in [5, 5.41) is 16.6. The summed E-state index contributed by atoms with van der Waals surface area (Å²) in [6, 6.07) is -0.970. The Morgan fingerprint density at radius 3 is 2.77 bits per heavy atom. The van der Waals surface area contributed by atoms with Crippen LogP contribution in [-0.2, 0) is 24.0 Å². The van der Waals surface area contributed by atoms with Crippen LogP contribution >= 0.6 is 23.1 Å². The first kappa shape index (κ1) is 21.5. The number of fused-ring (bicyclic) bond motifs is 1. The number of nitrogens with one attached hydrogen (secondary N) is 1. The molecular formula is C17H17N5O6S2. The number of carboxylic acid groups (broad SMARTS) is 1. The number of oxime groups is 1. The van der Waals surface area contributed by atoms with Gasteiger partial charge in [0, 0.05) is 18.1 Å². The van der Waals surface area contributed by atoms with E-state index in [-0.39, 0.29) is 22.2 Å². The number of aliphatic carboxylic acids is 1. The lowest BCUT2D eigenvalue weighted by atomic mass is 10.0. The van der Waals surface area contributed by atoms with Gasteiger partial charge in [-0.1, -0.05) is 17.3 Å². The zero-order chi connectivity index (χ0) is 22.0. The van der Waals surface area contributed by atoms with Crippen LogP contribution in [0.4, 0.5) is 5.13 Å². The molecule has 158 valence electrons. The third-order valence-corrected chi connectivity index (χ3v) is 6.08. The first-order valence-corrected chi connectivity index (χ1v) is 10.5. The van der Waals surface area contributed by atoms with E-state index in [0.717, 1.165) is 23.2 Å². The van der Waals surface area contributed by atoms with Gasteiger partial charge in [-0.25, -0.2) is 14.6 Å². The molecule has 2 amide bonds. The minimum absolute atomic E-state index is 0.0812. The molecule has 3 rings (SSSR count). The highest BCUT2D eigenvalue weighted by molar-refractivity contribution is 8.00. The number of allylic oxidation sites excluding steroid dienone is 2. The molecule has 1 aromatic rings. The maximum Gasteiger partial charge on any atom is 0.352 e. The first-order chi connectivity index (χ1) is 14.2. The number of thioether (sulfide) groups is 1. The molecule has 1 fully saturated rings. The fourth-order valence-corrected chi connectivity index (χ4v) is 4.76. The van der Waals surface area contributed by atoms with Gasteiger partial charge in [0.1, 0.15) is 22.8 Å². The molecule has 13 heteroatoms. The molecule has 11 nitrogen and oxygen atoms in total. The second-order valence-electron chi connectivity index (χ2n) is 6.13. The van der Waals surface area contributed by atoms with Crippen LogP contribution in [0, 0.1) is 0 Å². The lowest BCUT2D eigenvalue weighted by Gasteiger charge is -2.49. The molecule has 1 saturated heterocycles. The smallest absolute Gasteiger partial charge is 0.352 e. The highest BCUT2D eigenvalue weighted by Crippen LogP contribution is 2.40. The van der Waals surface area contributed by atoms with E-state index < -0.39 is 35.2 Å². The standard InChI is InChI=1S/C17H17N5O6S2/c1-3-4-8-5-29-15-11(14(25)22(15)12(8)16(26)27)20-13(24)10(21-28-7(2)23)9-6-30-17(18)19-9/h3-4,6,11,15H,5H2,1-2H3,(H2,18,19)(H,20,24)(H,26,27)/b4-3-,21-10-. The molecule has 2 aliphatic heterocycles. The van der Waals surface area contributed by atoms with Gasteiger partial charge >= 0.3 is 11.9 Å². The largest absolute Gasteiger partial charge is 0.477 e. The van der Waals surface area contributed by atoms with Gasteiger partial charge in [0.05, 0.1) is 0 Å².